The summed E-state index contributed by atoms with van der Waals surface area (Å²) in [6.07, 6.45) is 1.50. The number of rotatable bonds is 2. The lowest BCUT2D eigenvalue weighted by atomic mass is 10.1. The van der Waals surface area contributed by atoms with Gasteiger partial charge in [-0.3, -0.25) is 4.84 Å². The van der Waals surface area contributed by atoms with Crippen LogP contribution in [0.2, 0.25) is 0 Å². The van der Waals surface area contributed by atoms with Gasteiger partial charge in [0, 0.05) is 10.9 Å². The number of hydrogen-bond acceptors (Lipinski definition) is 3. The van der Waals surface area contributed by atoms with E-state index in [1.54, 1.807) is 6.07 Å². The maximum Gasteiger partial charge on any atom is 0.139 e. The number of nitrogens with two attached hydrogens (primary N) is 1. The van der Waals surface area contributed by atoms with E-state index in [9.17, 15) is 4.39 Å². The molecule has 13 heavy (non-hydrogen) atoms. The first-order valence-corrected chi connectivity index (χ1v) is 3.78. The monoisotopic (exact) mass is 181 g/mol. The van der Waals surface area contributed by atoms with E-state index >= 15 is 0 Å². The van der Waals surface area contributed by atoms with Crippen LogP contribution in [0.1, 0.15) is 5.56 Å². The fourth-order valence-corrected chi connectivity index (χ4v) is 1.31. The maximum atomic E-state index is 13.0. The Morgan fingerprint density at radius 2 is 2.31 bits per heavy atom. The molecular weight excluding hydrogens is 173 g/mol. The third-order valence-electron chi connectivity index (χ3n) is 1.83. The second-order valence-electron chi connectivity index (χ2n) is 2.71. The summed E-state index contributed by atoms with van der Waals surface area (Å²) in [6, 6.07) is 4.44. The van der Waals surface area contributed by atoms with Crippen molar-refractivity contribution in [1.29, 1.82) is 0 Å². The molecule has 0 bridgehead atoms. The van der Waals surface area contributed by atoms with Gasteiger partial charge in [-0.25, -0.2) is 10.3 Å². The van der Waals surface area contributed by atoms with E-state index < -0.39 is 0 Å². The smallest absolute Gasteiger partial charge is 0.139 e. The summed E-state index contributed by atoms with van der Waals surface area (Å²) >= 11 is 0. The highest BCUT2D eigenvalue weighted by molar-refractivity contribution is 5.80. The lowest BCUT2D eigenvalue weighted by Crippen LogP contribution is -1.99. The zero-order valence-corrected chi connectivity index (χ0v) is 6.79. The zero-order valence-electron chi connectivity index (χ0n) is 6.79. The van der Waals surface area contributed by atoms with Crippen LogP contribution in [0, 0.1) is 5.82 Å². The topological polar surface area (TPSA) is 48.4 Å². The summed E-state index contributed by atoms with van der Waals surface area (Å²) in [5.41, 5.74) is 1.23. The second kappa shape index (κ2) is 3.16. The van der Waals surface area contributed by atoms with Crippen molar-refractivity contribution in [3.8, 4) is 0 Å². The van der Waals surface area contributed by atoms with E-state index in [0.29, 0.717) is 16.5 Å². The standard InChI is InChI=1S/C9H8FNO2/c10-8-3-6-1-2-12-9(6)7(4-8)5-13-11/h1-4H,5,11H2. The Labute approximate surface area is 73.8 Å². The molecule has 0 amide bonds. The van der Waals surface area contributed by atoms with Crippen LogP contribution < -0.4 is 5.90 Å². The molecule has 0 atom stereocenters. The van der Waals surface area contributed by atoms with Gasteiger partial charge in [0.05, 0.1) is 12.9 Å². The van der Waals surface area contributed by atoms with E-state index in [4.69, 9.17) is 10.3 Å². The van der Waals surface area contributed by atoms with Crippen molar-refractivity contribution in [1.82, 2.24) is 0 Å². The highest BCUT2D eigenvalue weighted by Crippen LogP contribution is 2.21. The average molecular weight is 181 g/mol. The molecule has 3 nitrogen and oxygen atoms in total. The Balaban J connectivity index is 2.63. The first-order valence-electron chi connectivity index (χ1n) is 3.78. The number of benzene rings is 1. The van der Waals surface area contributed by atoms with E-state index in [1.807, 2.05) is 0 Å². The Hall–Kier alpha value is -1.39. The molecule has 4 heteroatoms. The lowest BCUT2D eigenvalue weighted by Gasteiger charge is -2.00. The normalized spacial score (nSPS) is 10.9. The Morgan fingerprint density at radius 3 is 3.08 bits per heavy atom. The van der Waals surface area contributed by atoms with Crippen LogP contribution in [0.5, 0.6) is 0 Å². The van der Waals surface area contributed by atoms with Crippen LogP contribution >= 0.6 is 0 Å². The SMILES string of the molecule is NOCc1cc(F)cc2ccoc12. The van der Waals surface area contributed by atoms with Crippen LogP contribution in [0.4, 0.5) is 4.39 Å². The van der Waals surface area contributed by atoms with Crippen LogP contribution in [-0.2, 0) is 11.4 Å². The molecule has 2 rings (SSSR count). The predicted octanol–water partition coefficient (Wildman–Crippen LogP) is 1.96. The van der Waals surface area contributed by atoms with Crippen molar-refractivity contribution in [3.05, 3.63) is 35.8 Å². The first kappa shape index (κ1) is 8.22. The largest absolute Gasteiger partial charge is 0.464 e. The minimum atomic E-state index is -0.319. The van der Waals surface area contributed by atoms with Gasteiger partial charge in [-0.2, -0.15) is 0 Å². The molecule has 0 saturated carbocycles. The summed E-state index contributed by atoms with van der Waals surface area (Å²) < 4.78 is 18.1. The van der Waals surface area contributed by atoms with Gasteiger partial charge >= 0.3 is 0 Å². The molecule has 0 saturated heterocycles. The fraction of sp³-hybridized carbons (Fsp3) is 0.111. The van der Waals surface area contributed by atoms with Crippen molar-refractivity contribution < 1.29 is 13.6 Å². The molecule has 1 aromatic heterocycles. The molecule has 1 heterocycles. The van der Waals surface area contributed by atoms with E-state index in [1.165, 1.54) is 18.4 Å². The van der Waals surface area contributed by atoms with E-state index in [-0.39, 0.29) is 12.4 Å². The molecule has 0 spiro atoms. The number of furan rings is 1. The van der Waals surface area contributed by atoms with Gasteiger partial charge in [-0.1, -0.05) is 0 Å². The quantitative estimate of drug-likeness (QED) is 0.720. The van der Waals surface area contributed by atoms with Gasteiger partial charge in [-0.05, 0) is 18.2 Å². The van der Waals surface area contributed by atoms with Crippen LogP contribution in [0.25, 0.3) is 11.0 Å². The Kier molecular flexibility index (Phi) is 2.00. The van der Waals surface area contributed by atoms with E-state index in [2.05, 4.69) is 4.84 Å². The van der Waals surface area contributed by atoms with Crippen molar-refractivity contribution >= 4 is 11.0 Å². The second-order valence-corrected chi connectivity index (χ2v) is 2.71. The molecule has 0 aliphatic rings. The van der Waals surface area contributed by atoms with Gasteiger partial charge in [0.15, 0.2) is 0 Å². The Morgan fingerprint density at radius 1 is 1.46 bits per heavy atom. The number of halogens is 1. The predicted molar refractivity (Wildman–Crippen MR) is 45.1 cm³/mol. The minimum absolute atomic E-state index is 0.141. The highest BCUT2D eigenvalue weighted by atomic mass is 19.1. The first-order chi connectivity index (χ1) is 6.31. The molecule has 0 radical (unpaired) electrons. The number of fused-ring (bicyclic) bond motifs is 1. The van der Waals surface area contributed by atoms with Gasteiger partial charge in [0.25, 0.3) is 0 Å². The van der Waals surface area contributed by atoms with Gasteiger partial charge in [-0.15, -0.1) is 0 Å². The molecule has 1 aromatic carbocycles. The fourth-order valence-electron chi connectivity index (χ4n) is 1.31. The summed E-state index contributed by atoms with van der Waals surface area (Å²) in [5.74, 6) is 4.59. The lowest BCUT2D eigenvalue weighted by molar-refractivity contribution is 0.124. The molecule has 0 fully saturated rings. The minimum Gasteiger partial charge on any atom is -0.464 e. The van der Waals surface area contributed by atoms with Crippen LogP contribution in [0.15, 0.2) is 28.9 Å². The van der Waals surface area contributed by atoms with Crippen molar-refractivity contribution in [2.75, 3.05) is 0 Å². The molecule has 2 aromatic rings. The van der Waals surface area contributed by atoms with Gasteiger partial charge in [0.2, 0.25) is 0 Å². The van der Waals surface area contributed by atoms with Crippen molar-refractivity contribution in [2.24, 2.45) is 5.90 Å². The molecule has 0 aliphatic carbocycles. The molecule has 0 aliphatic heterocycles. The third kappa shape index (κ3) is 1.41. The average Bonchev–Trinajstić information content (AvgIpc) is 2.52. The summed E-state index contributed by atoms with van der Waals surface area (Å²) in [4.78, 5) is 4.43. The molecule has 0 unspecified atom stereocenters. The number of hydrogen-bond donors (Lipinski definition) is 1. The molecular formula is C9H8FNO2. The molecule has 68 valence electrons. The zero-order chi connectivity index (χ0) is 9.26. The summed E-state index contributed by atoms with van der Waals surface area (Å²) in [7, 11) is 0. The van der Waals surface area contributed by atoms with Crippen molar-refractivity contribution in [3.63, 3.8) is 0 Å². The summed E-state index contributed by atoms with van der Waals surface area (Å²) in [6.45, 7) is 0.141. The third-order valence-corrected chi connectivity index (χ3v) is 1.83. The Bertz CT molecular complexity index is 424. The summed E-state index contributed by atoms with van der Waals surface area (Å²) in [5, 5.41) is 0.715. The van der Waals surface area contributed by atoms with Crippen LogP contribution in [-0.4, -0.2) is 0 Å². The van der Waals surface area contributed by atoms with Crippen LogP contribution in [0.3, 0.4) is 0 Å². The van der Waals surface area contributed by atoms with Gasteiger partial charge in [0.1, 0.15) is 11.4 Å². The maximum absolute atomic E-state index is 13.0. The van der Waals surface area contributed by atoms with Crippen molar-refractivity contribution in [2.45, 2.75) is 6.61 Å². The highest BCUT2D eigenvalue weighted by Gasteiger charge is 2.06. The van der Waals surface area contributed by atoms with E-state index in [0.717, 1.165) is 0 Å². The van der Waals surface area contributed by atoms with Gasteiger partial charge < -0.3 is 4.42 Å². The molecule has 2 N–H and O–H groups in total.